The molecule has 0 aliphatic carbocycles. The summed E-state index contributed by atoms with van der Waals surface area (Å²) in [5, 5.41) is 12.1. The standard InChI is InChI=1S/C14H18ClFN4/c1-4-7-17-9(2)14-10(3)20(19-18-14)13-8-11(16)5-6-12(13)15/h5-6,8-9,17H,4,7H2,1-3H3. The van der Waals surface area contributed by atoms with E-state index in [1.54, 1.807) is 4.68 Å². The number of hydrogen-bond acceptors (Lipinski definition) is 3. The molecule has 2 aromatic rings. The molecule has 0 saturated heterocycles. The molecule has 1 aromatic heterocycles. The molecule has 0 saturated carbocycles. The molecule has 108 valence electrons. The van der Waals surface area contributed by atoms with Gasteiger partial charge in [0.15, 0.2) is 0 Å². The van der Waals surface area contributed by atoms with E-state index in [0.29, 0.717) is 10.7 Å². The summed E-state index contributed by atoms with van der Waals surface area (Å²) in [6.45, 7) is 6.95. The predicted octanol–water partition coefficient (Wildman–Crippen LogP) is 3.43. The maximum absolute atomic E-state index is 13.4. The second kappa shape index (κ2) is 6.33. The summed E-state index contributed by atoms with van der Waals surface area (Å²) < 4.78 is 14.9. The Bertz CT molecular complexity index is 597. The zero-order valence-corrected chi connectivity index (χ0v) is 12.6. The lowest BCUT2D eigenvalue weighted by Gasteiger charge is -2.12. The first-order valence-corrected chi connectivity index (χ1v) is 7.03. The number of benzene rings is 1. The fourth-order valence-electron chi connectivity index (χ4n) is 2.08. The lowest BCUT2D eigenvalue weighted by Crippen LogP contribution is -2.20. The highest BCUT2D eigenvalue weighted by Gasteiger charge is 2.17. The normalized spacial score (nSPS) is 12.7. The summed E-state index contributed by atoms with van der Waals surface area (Å²) in [7, 11) is 0. The van der Waals surface area contributed by atoms with Gasteiger partial charge in [-0.05, 0) is 38.9 Å². The number of hydrogen-bond donors (Lipinski definition) is 1. The van der Waals surface area contributed by atoms with Gasteiger partial charge in [-0.3, -0.25) is 0 Å². The van der Waals surface area contributed by atoms with Crippen LogP contribution < -0.4 is 5.32 Å². The molecule has 2 rings (SSSR count). The molecule has 1 heterocycles. The summed E-state index contributed by atoms with van der Waals surface area (Å²) in [6.07, 6.45) is 1.05. The van der Waals surface area contributed by atoms with Crippen molar-refractivity contribution >= 4 is 11.6 Å². The average Bonchev–Trinajstić information content (AvgIpc) is 2.80. The summed E-state index contributed by atoms with van der Waals surface area (Å²) in [4.78, 5) is 0. The van der Waals surface area contributed by atoms with Crippen LogP contribution in [0.15, 0.2) is 18.2 Å². The Kier molecular flexibility index (Phi) is 4.73. The summed E-state index contributed by atoms with van der Waals surface area (Å²) in [5.74, 6) is -0.349. The van der Waals surface area contributed by atoms with Crippen LogP contribution in [0.4, 0.5) is 4.39 Å². The molecule has 6 heteroatoms. The highest BCUT2D eigenvalue weighted by atomic mass is 35.5. The minimum absolute atomic E-state index is 0.0936. The van der Waals surface area contributed by atoms with Crippen molar-refractivity contribution in [3.63, 3.8) is 0 Å². The maximum Gasteiger partial charge on any atom is 0.125 e. The lowest BCUT2D eigenvalue weighted by molar-refractivity contribution is 0.555. The Labute approximate surface area is 122 Å². The van der Waals surface area contributed by atoms with Crippen molar-refractivity contribution in [3.05, 3.63) is 40.4 Å². The van der Waals surface area contributed by atoms with Gasteiger partial charge >= 0.3 is 0 Å². The topological polar surface area (TPSA) is 42.7 Å². The van der Waals surface area contributed by atoms with Crippen molar-refractivity contribution in [3.8, 4) is 5.69 Å². The van der Waals surface area contributed by atoms with Crippen LogP contribution >= 0.6 is 11.6 Å². The smallest absolute Gasteiger partial charge is 0.125 e. The predicted molar refractivity (Wildman–Crippen MR) is 77.8 cm³/mol. The molecule has 0 aliphatic heterocycles. The van der Waals surface area contributed by atoms with E-state index in [4.69, 9.17) is 11.6 Å². The zero-order chi connectivity index (χ0) is 14.7. The second-order valence-electron chi connectivity index (χ2n) is 4.74. The SMILES string of the molecule is CCCNC(C)c1nnn(-c2cc(F)ccc2Cl)c1C. The van der Waals surface area contributed by atoms with Gasteiger partial charge < -0.3 is 5.32 Å². The largest absolute Gasteiger partial charge is 0.309 e. The molecular weight excluding hydrogens is 279 g/mol. The Morgan fingerprint density at radius 2 is 2.20 bits per heavy atom. The van der Waals surface area contributed by atoms with Crippen LogP contribution in [0.2, 0.25) is 5.02 Å². The van der Waals surface area contributed by atoms with Gasteiger partial charge in [-0.15, -0.1) is 5.10 Å². The highest BCUT2D eigenvalue weighted by molar-refractivity contribution is 6.32. The molecule has 0 amide bonds. The Morgan fingerprint density at radius 1 is 1.45 bits per heavy atom. The Balaban J connectivity index is 2.35. The average molecular weight is 297 g/mol. The second-order valence-corrected chi connectivity index (χ2v) is 5.15. The van der Waals surface area contributed by atoms with Crippen molar-refractivity contribution in [1.29, 1.82) is 0 Å². The van der Waals surface area contributed by atoms with Crippen LogP contribution in [0.1, 0.15) is 37.7 Å². The van der Waals surface area contributed by atoms with Gasteiger partial charge in [-0.1, -0.05) is 23.7 Å². The minimum Gasteiger partial charge on any atom is -0.309 e. The first kappa shape index (κ1) is 14.9. The molecule has 1 unspecified atom stereocenters. The summed E-state index contributed by atoms with van der Waals surface area (Å²) in [5.41, 5.74) is 2.21. The maximum atomic E-state index is 13.4. The molecular formula is C14H18ClFN4. The molecule has 0 bridgehead atoms. The van der Waals surface area contributed by atoms with Gasteiger partial charge in [0.1, 0.15) is 11.5 Å². The van der Waals surface area contributed by atoms with E-state index in [9.17, 15) is 4.39 Å². The van der Waals surface area contributed by atoms with Crippen LogP contribution in [0.25, 0.3) is 5.69 Å². The zero-order valence-electron chi connectivity index (χ0n) is 11.8. The third-order valence-electron chi connectivity index (χ3n) is 3.18. The van der Waals surface area contributed by atoms with Crippen molar-refractivity contribution in [1.82, 2.24) is 20.3 Å². The molecule has 0 radical (unpaired) electrons. The van der Waals surface area contributed by atoms with Crippen molar-refractivity contribution in [2.75, 3.05) is 6.54 Å². The van der Waals surface area contributed by atoms with Gasteiger partial charge in [0, 0.05) is 6.07 Å². The monoisotopic (exact) mass is 296 g/mol. The third-order valence-corrected chi connectivity index (χ3v) is 3.50. The number of nitrogens with one attached hydrogen (secondary N) is 1. The highest BCUT2D eigenvalue weighted by Crippen LogP contribution is 2.24. The Morgan fingerprint density at radius 3 is 2.90 bits per heavy atom. The van der Waals surface area contributed by atoms with E-state index in [0.717, 1.165) is 24.4 Å². The Hall–Kier alpha value is -1.46. The molecule has 4 nitrogen and oxygen atoms in total. The first-order chi connectivity index (χ1) is 9.54. The van der Waals surface area contributed by atoms with Gasteiger partial charge in [-0.2, -0.15) is 0 Å². The fraction of sp³-hybridized carbons (Fsp3) is 0.429. The van der Waals surface area contributed by atoms with E-state index in [2.05, 4.69) is 22.6 Å². The van der Waals surface area contributed by atoms with E-state index in [-0.39, 0.29) is 11.9 Å². The van der Waals surface area contributed by atoms with Gasteiger partial charge in [0.2, 0.25) is 0 Å². The molecule has 0 fully saturated rings. The van der Waals surface area contributed by atoms with Crippen LogP contribution in [0, 0.1) is 12.7 Å². The van der Waals surface area contributed by atoms with Crippen LogP contribution in [0.3, 0.4) is 0 Å². The first-order valence-electron chi connectivity index (χ1n) is 6.65. The van der Waals surface area contributed by atoms with Crippen LogP contribution in [0.5, 0.6) is 0 Å². The quantitative estimate of drug-likeness (QED) is 0.919. The summed E-state index contributed by atoms with van der Waals surface area (Å²) in [6, 6.07) is 4.30. The van der Waals surface area contributed by atoms with E-state index in [1.807, 2.05) is 13.8 Å². The number of rotatable bonds is 5. The minimum atomic E-state index is -0.349. The molecule has 1 aromatic carbocycles. The van der Waals surface area contributed by atoms with E-state index in [1.165, 1.54) is 18.2 Å². The van der Waals surface area contributed by atoms with Gasteiger partial charge in [-0.25, -0.2) is 9.07 Å². The fourth-order valence-corrected chi connectivity index (χ4v) is 2.27. The van der Waals surface area contributed by atoms with Crippen LogP contribution in [-0.2, 0) is 0 Å². The van der Waals surface area contributed by atoms with Crippen molar-refractivity contribution in [2.45, 2.75) is 33.2 Å². The van der Waals surface area contributed by atoms with Gasteiger partial charge in [0.25, 0.3) is 0 Å². The number of aromatic nitrogens is 3. The van der Waals surface area contributed by atoms with E-state index >= 15 is 0 Å². The molecule has 0 aliphatic rings. The molecule has 0 spiro atoms. The summed E-state index contributed by atoms with van der Waals surface area (Å²) >= 11 is 6.10. The van der Waals surface area contributed by atoms with Gasteiger partial charge in [0.05, 0.1) is 22.4 Å². The number of nitrogens with zero attached hydrogens (tertiary/aromatic N) is 3. The molecule has 20 heavy (non-hydrogen) atoms. The van der Waals surface area contributed by atoms with Crippen molar-refractivity contribution in [2.24, 2.45) is 0 Å². The lowest BCUT2D eigenvalue weighted by atomic mass is 10.2. The molecule has 1 atom stereocenters. The number of halogens is 2. The van der Waals surface area contributed by atoms with Crippen molar-refractivity contribution < 1.29 is 4.39 Å². The third kappa shape index (κ3) is 2.99. The van der Waals surface area contributed by atoms with Crippen LogP contribution in [-0.4, -0.2) is 21.5 Å². The van der Waals surface area contributed by atoms with E-state index < -0.39 is 0 Å². The molecule has 1 N–H and O–H groups in total.